The highest BCUT2D eigenvalue weighted by molar-refractivity contribution is 5.29. The van der Waals surface area contributed by atoms with Crippen LogP contribution in [-0.4, -0.2) is 41.4 Å². The second-order valence-electron chi connectivity index (χ2n) is 4.74. The predicted molar refractivity (Wildman–Crippen MR) is 62.7 cm³/mol. The zero-order chi connectivity index (χ0) is 10.8. The highest BCUT2D eigenvalue weighted by Crippen LogP contribution is 2.34. The van der Waals surface area contributed by atoms with Gasteiger partial charge < -0.3 is 10.2 Å². The second-order valence-corrected chi connectivity index (χ2v) is 4.74. The maximum atomic E-state index is 4.63. The van der Waals surface area contributed by atoms with Crippen molar-refractivity contribution in [1.82, 2.24) is 20.5 Å². The fourth-order valence-corrected chi connectivity index (χ4v) is 2.32. The molecule has 0 amide bonds. The van der Waals surface area contributed by atoms with Crippen LogP contribution in [-0.2, 0) is 0 Å². The van der Waals surface area contributed by atoms with Crippen molar-refractivity contribution in [3.05, 3.63) is 5.82 Å². The zero-order valence-corrected chi connectivity index (χ0v) is 9.58. The summed E-state index contributed by atoms with van der Waals surface area (Å²) in [5.74, 6) is 2.63. The molecule has 1 aromatic rings. The lowest BCUT2D eigenvalue weighted by Gasteiger charge is -2.22. The van der Waals surface area contributed by atoms with E-state index in [4.69, 9.17) is 0 Å². The van der Waals surface area contributed by atoms with Crippen LogP contribution in [0.3, 0.4) is 0 Å². The molecule has 0 radical (unpaired) electrons. The molecule has 0 atom stereocenters. The molecule has 5 nitrogen and oxygen atoms in total. The number of anilines is 1. The highest BCUT2D eigenvalue weighted by Gasteiger charge is 2.24. The van der Waals surface area contributed by atoms with Gasteiger partial charge in [-0.05, 0) is 25.8 Å². The molecule has 0 unspecified atom stereocenters. The Morgan fingerprint density at radius 3 is 2.88 bits per heavy atom. The third kappa shape index (κ3) is 1.91. The van der Waals surface area contributed by atoms with Gasteiger partial charge in [-0.25, -0.2) is 0 Å². The number of hydrogen-bond acceptors (Lipinski definition) is 4. The Balaban J connectivity index is 1.70. The van der Waals surface area contributed by atoms with Crippen LogP contribution in [0.25, 0.3) is 0 Å². The Kier molecular flexibility index (Phi) is 2.78. The minimum atomic E-state index is 0.645. The molecule has 1 aliphatic carbocycles. The van der Waals surface area contributed by atoms with Crippen LogP contribution >= 0.6 is 0 Å². The first-order valence-electron chi connectivity index (χ1n) is 6.31. The summed E-state index contributed by atoms with van der Waals surface area (Å²) in [6, 6.07) is 0. The first-order valence-corrected chi connectivity index (χ1v) is 6.31. The summed E-state index contributed by atoms with van der Waals surface area (Å²) in [4.78, 5) is 6.91. The topological polar surface area (TPSA) is 56.8 Å². The smallest absolute Gasteiger partial charge is 0.244 e. The molecule has 0 aromatic carbocycles. The third-order valence-electron chi connectivity index (χ3n) is 3.61. The van der Waals surface area contributed by atoms with E-state index in [0.29, 0.717) is 5.92 Å². The number of aromatic amines is 1. The first-order chi connectivity index (χ1) is 7.93. The molecule has 0 spiro atoms. The van der Waals surface area contributed by atoms with Crippen LogP contribution in [0, 0.1) is 0 Å². The van der Waals surface area contributed by atoms with E-state index in [1.54, 1.807) is 0 Å². The molecule has 2 heterocycles. The quantitative estimate of drug-likeness (QED) is 0.778. The van der Waals surface area contributed by atoms with Crippen molar-refractivity contribution in [3.8, 4) is 0 Å². The monoisotopic (exact) mass is 221 g/mol. The van der Waals surface area contributed by atoms with E-state index >= 15 is 0 Å². The minimum Gasteiger partial charge on any atom is -0.338 e. The molecule has 2 aliphatic rings. The van der Waals surface area contributed by atoms with Gasteiger partial charge in [0.1, 0.15) is 5.82 Å². The molecule has 1 aromatic heterocycles. The van der Waals surface area contributed by atoms with Gasteiger partial charge in [0, 0.05) is 25.6 Å². The van der Waals surface area contributed by atoms with Crippen molar-refractivity contribution < 1.29 is 0 Å². The van der Waals surface area contributed by atoms with Gasteiger partial charge in [-0.15, -0.1) is 5.10 Å². The lowest BCUT2D eigenvalue weighted by atomic mass is 9.85. The summed E-state index contributed by atoms with van der Waals surface area (Å²) in [6.45, 7) is 4.22. The number of aromatic nitrogens is 3. The SMILES string of the molecule is C1CC(c2nc(N3CCCNCC3)n[nH]2)C1. The van der Waals surface area contributed by atoms with Crippen LogP contribution in [0.4, 0.5) is 5.95 Å². The van der Waals surface area contributed by atoms with Gasteiger partial charge in [-0.2, -0.15) is 4.98 Å². The van der Waals surface area contributed by atoms with E-state index in [1.165, 1.54) is 25.7 Å². The van der Waals surface area contributed by atoms with Crippen LogP contribution in [0.5, 0.6) is 0 Å². The maximum Gasteiger partial charge on any atom is 0.244 e. The van der Waals surface area contributed by atoms with Gasteiger partial charge in [0.15, 0.2) is 0 Å². The van der Waals surface area contributed by atoms with Crippen molar-refractivity contribution in [2.75, 3.05) is 31.1 Å². The van der Waals surface area contributed by atoms with Crippen LogP contribution < -0.4 is 10.2 Å². The molecule has 3 rings (SSSR count). The average Bonchev–Trinajstić information content (AvgIpc) is 2.52. The van der Waals surface area contributed by atoms with Crippen molar-refractivity contribution in [3.63, 3.8) is 0 Å². The molecule has 88 valence electrons. The molecule has 1 saturated carbocycles. The lowest BCUT2D eigenvalue weighted by Crippen LogP contribution is -2.28. The van der Waals surface area contributed by atoms with E-state index in [-0.39, 0.29) is 0 Å². The second kappa shape index (κ2) is 4.41. The minimum absolute atomic E-state index is 0.645. The summed E-state index contributed by atoms with van der Waals surface area (Å²) in [6.07, 6.45) is 5.06. The number of hydrogen-bond donors (Lipinski definition) is 2. The molecule has 5 heteroatoms. The van der Waals surface area contributed by atoms with Gasteiger partial charge in [0.2, 0.25) is 5.95 Å². The standard InChI is InChI=1S/C11H19N5/c1-3-9(4-1)10-13-11(15-14-10)16-7-2-5-12-6-8-16/h9,12H,1-8H2,(H,13,14,15). The molecule has 1 saturated heterocycles. The van der Waals surface area contributed by atoms with Crippen molar-refractivity contribution in [2.24, 2.45) is 0 Å². The van der Waals surface area contributed by atoms with Crippen molar-refractivity contribution in [1.29, 1.82) is 0 Å². The predicted octanol–water partition coefficient (Wildman–Crippen LogP) is 0.872. The fraction of sp³-hybridized carbons (Fsp3) is 0.818. The van der Waals surface area contributed by atoms with E-state index in [2.05, 4.69) is 25.4 Å². The molecule has 0 bridgehead atoms. The van der Waals surface area contributed by atoms with Crippen LogP contribution in [0.1, 0.15) is 37.4 Å². The molecular formula is C11H19N5. The summed E-state index contributed by atoms with van der Waals surface area (Å²) >= 11 is 0. The number of nitrogens with zero attached hydrogens (tertiary/aromatic N) is 3. The van der Waals surface area contributed by atoms with E-state index in [0.717, 1.165) is 38.0 Å². The van der Waals surface area contributed by atoms with Crippen LogP contribution in [0.2, 0.25) is 0 Å². The molecule has 2 fully saturated rings. The fourth-order valence-electron chi connectivity index (χ4n) is 2.32. The van der Waals surface area contributed by atoms with Crippen LogP contribution in [0.15, 0.2) is 0 Å². The highest BCUT2D eigenvalue weighted by atomic mass is 15.4. The number of rotatable bonds is 2. The summed E-state index contributed by atoms with van der Waals surface area (Å²) in [7, 11) is 0. The van der Waals surface area contributed by atoms with E-state index < -0.39 is 0 Å². The lowest BCUT2D eigenvalue weighted by molar-refractivity contribution is 0.402. The average molecular weight is 221 g/mol. The Morgan fingerprint density at radius 2 is 2.06 bits per heavy atom. The normalized spacial score (nSPS) is 22.9. The van der Waals surface area contributed by atoms with Gasteiger partial charge in [0.25, 0.3) is 0 Å². The Labute approximate surface area is 95.6 Å². The van der Waals surface area contributed by atoms with Crippen molar-refractivity contribution in [2.45, 2.75) is 31.6 Å². The largest absolute Gasteiger partial charge is 0.338 e. The first kappa shape index (κ1) is 10.1. The maximum absolute atomic E-state index is 4.63. The summed E-state index contributed by atoms with van der Waals surface area (Å²) < 4.78 is 0. The molecular weight excluding hydrogens is 202 g/mol. The molecule has 16 heavy (non-hydrogen) atoms. The van der Waals surface area contributed by atoms with Gasteiger partial charge in [0.05, 0.1) is 0 Å². The summed E-state index contributed by atoms with van der Waals surface area (Å²) in [5, 5.41) is 10.8. The van der Waals surface area contributed by atoms with Gasteiger partial charge in [-0.3, -0.25) is 5.10 Å². The van der Waals surface area contributed by atoms with Crippen molar-refractivity contribution >= 4 is 5.95 Å². The van der Waals surface area contributed by atoms with Gasteiger partial charge >= 0.3 is 0 Å². The molecule has 1 aliphatic heterocycles. The van der Waals surface area contributed by atoms with E-state index in [1.807, 2.05) is 0 Å². The Bertz CT molecular complexity index is 336. The Morgan fingerprint density at radius 1 is 1.12 bits per heavy atom. The summed E-state index contributed by atoms with van der Waals surface area (Å²) in [5.41, 5.74) is 0. The number of H-pyrrole nitrogens is 1. The number of nitrogens with one attached hydrogen (secondary N) is 2. The third-order valence-corrected chi connectivity index (χ3v) is 3.61. The van der Waals surface area contributed by atoms with E-state index in [9.17, 15) is 0 Å². The molecule has 2 N–H and O–H groups in total. The Hall–Kier alpha value is -1.10. The zero-order valence-electron chi connectivity index (χ0n) is 9.58. The van der Waals surface area contributed by atoms with Gasteiger partial charge in [-0.1, -0.05) is 6.42 Å².